The van der Waals surface area contributed by atoms with Gasteiger partial charge in [-0.2, -0.15) is 14.5 Å². The first-order valence-electron chi connectivity index (χ1n) is 9.30. The van der Waals surface area contributed by atoms with E-state index in [1.165, 1.54) is 12.4 Å². The van der Waals surface area contributed by atoms with Gasteiger partial charge in [-0.1, -0.05) is 29.8 Å². The molecule has 0 saturated heterocycles. The van der Waals surface area contributed by atoms with Gasteiger partial charge in [0.2, 0.25) is 11.9 Å². The molecule has 0 saturated carbocycles. The molecule has 3 heterocycles. The van der Waals surface area contributed by atoms with Crippen LogP contribution in [0.1, 0.15) is 0 Å². The molecular formula is C22H14ClFN7. The molecule has 0 unspecified atom stereocenters. The molecule has 3 N–H and O–H groups in total. The molecule has 0 aliphatic heterocycles. The van der Waals surface area contributed by atoms with Crippen molar-refractivity contribution in [3.63, 3.8) is 0 Å². The zero-order chi connectivity index (χ0) is 21.2. The third kappa shape index (κ3) is 3.88. The van der Waals surface area contributed by atoms with Crippen LogP contribution in [0.5, 0.6) is 0 Å². The zero-order valence-corrected chi connectivity index (χ0v) is 16.7. The molecule has 5 rings (SSSR count). The van der Waals surface area contributed by atoms with Crippen LogP contribution in [0.2, 0.25) is 5.02 Å². The van der Waals surface area contributed by atoms with E-state index in [9.17, 15) is 4.39 Å². The van der Waals surface area contributed by atoms with Crippen molar-refractivity contribution in [2.75, 3.05) is 10.6 Å². The summed E-state index contributed by atoms with van der Waals surface area (Å²) in [5.41, 5.74) is 3.00. The van der Waals surface area contributed by atoms with E-state index in [-0.39, 0.29) is 0 Å². The molecule has 0 spiro atoms. The predicted molar refractivity (Wildman–Crippen MR) is 118 cm³/mol. The van der Waals surface area contributed by atoms with Gasteiger partial charge in [-0.3, -0.25) is 5.10 Å². The second kappa shape index (κ2) is 8.00. The van der Waals surface area contributed by atoms with Crippen molar-refractivity contribution in [1.82, 2.24) is 25.1 Å². The fourth-order valence-electron chi connectivity index (χ4n) is 3.10. The van der Waals surface area contributed by atoms with E-state index < -0.39 is 5.95 Å². The minimum absolute atomic E-state index is 0.319. The molecular weight excluding hydrogens is 417 g/mol. The Morgan fingerprint density at radius 1 is 1.03 bits per heavy atom. The van der Waals surface area contributed by atoms with Gasteiger partial charge in [0.15, 0.2) is 5.82 Å². The fourth-order valence-corrected chi connectivity index (χ4v) is 3.24. The van der Waals surface area contributed by atoms with Crippen molar-refractivity contribution < 1.29 is 4.39 Å². The molecule has 3 aromatic heterocycles. The Balaban J connectivity index is 1.46. The standard InChI is InChI=1S/C22H14ClFN7/c23-17-12-26-22(29-21(17)27-13-5-2-1-3-6-13)28-14-8-9-18-16(11-14)19(31-30-18)15-7-4-10-25-20(15)24/h1-5,7-12H,(H,30,31)(H2,26,27,28,29). The maximum absolute atomic E-state index is 14.2. The zero-order valence-electron chi connectivity index (χ0n) is 15.9. The molecule has 9 heteroatoms. The van der Waals surface area contributed by atoms with E-state index in [1.807, 2.05) is 36.4 Å². The van der Waals surface area contributed by atoms with Gasteiger partial charge in [-0.25, -0.2) is 9.97 Å². The van der Waals surface area contributed by atoms with Crippen LogP contribution in [0, 0.1) is 12.0 Å². The highest BCUT2D eigenvalue weighted by Crippen LogP contribution is 2.30. The van der Waals surface area contributed by atoms with E-state index in [1.54, 1.807) is 18.2 Å². The van der Waals surface area contributed by atoms with Gasteiger partial charge in [0.25, 0.3) is 0 Å². The highest BCUT2D eigenvalue weighted by atomic mass is 35.5. The molecule has 0 fully saturated rings. The Bertz CT molecular complexity index is 1370. The third-order valence-electron chi connectivity index (χ3n) is 4.54. The van der Waals surface area contributed by atoms with Gasteiger partial charge in [-0.15, -0.1) is 0 Å². The number of anilines is 4. The largest absolute Gasteiger partial charge is 0.338 e. The van der Waals surface area contributed by atoms with Crippen molar-refractivity contribution in [3.8, 4) is 11.3 Å². The van der Waals surface area contributed by atoms with Crippen molar-refractivity contribution in [3.05, 3.63) is 84.0 Å². The summed E-state index contributed by atoms with van der Waals surface area (Å²) < 4.78 is 14.2. The summed E-state index contributed by atoms with van der Waals surface area (Å²) >= 11 is 6.23. The number of hydrogen-bond donors (Lipinski definition) is 3. The lowest BCUT2D eigenvalue weighted by atomic mass is 10.1. The van der Waals surface area contributed by atoms with Gasteiger partial charge in [0.05, 0.1) is 17.3 Å². The van der Waals surface area contributed by atoms with Crippen LogP contribution in [-0.4, -0.2) is 25.1 Å². The summed E-state index contributed by atoms with van der Waals surface area (Å²) in [5.74, 6) is 0.215. The average Bonchev–Trinajstić information content (AvgIpc) is 3.20. The molecule has 0 amide bonds. The maximum atomic E-state index is 14.2. The number of hydrogen-bond acceptors (Lipinski definition) is 6. The molecule has 2 aromatic carbocycles. The number of fused-ring (bicyclic) bond motifs is 1. The van der Waals surface area contributed by atoms with Crippen molar-refractivity contribution >= 4 is 45.6 Å². The van der Waals surface area contributed by atoms with Crippen LogP contribution < -0.4 is 10.6 Å². The van der Waals surface area contributed by atoms with Gasteiger partial charge >= 0.3 is 0 Å². The maximum Gasteiger partial charge on any atom is 0.229 e. The van der Waals surface area contributed by atoms with E-state index in [4.69, 9.17) is 11.6 Å². The van der Waals surface area contributed by atoms with Crippen LogP contribution in [0.4, 0.5) is 27.5 Å². The number of para-hydroxylation sites is 1. The lowest BCUT2D eigenvalue weighted by Crippen LogP contribution is -2.01. The lowest BCUT2D eigenvalue weighted by Gasteiger charge is -2.10. The number of nitrogens with one attached hydrogen (secondary N) is 3. The molecule has 31 heavy (non-hydrogen) atoms. The number of aromatic amines is 1. The van der Waals surface area contributed by atoms with Crippen LogP contribution in [0.15, 0.2) is 67.0 Å². The second-order valence-corrected chi connectivity index (χ2v) is 7.00. The summed E-state index contributed by atoms with van der Waals surface area (Å²) in [6, 6.07) is 19.3. The SMILES string of the molecule is Fc1ncccc1-c1n[nH]c2ccc(Nc3ncc(Cl)c(Nc4[c]cccc4)n3)cc12. The van der Waals surface area contributed by atoms with Crippen LogP contribution in [0.3, 0.4) is 0 Å². The van der Waals surface area contributed by atoms with Gasteiger partial charge in [0.1, 0.15) is 10.7 Å². The van der Waals surface area contributed by atoms with E-state index in [2.05, 4.69) is 41.8 Å². The van der Waals surface area contributed by atoms with E-state index >= 15 is 0 Å². The van der Waals surface area contributed by atoms with Crippen LogP contribution in [0.25, 0.3) is 22.2 Å². The first kappa shape index (κ1) is 19.0. The van der Waals surface area contributed by atoms with E-state index in [0.717, 1.165) is 16.6 Å². The number of pyridine rings is 1. The normalized spacial score (nSPS) is 10.9. The lowest BCUT2D eigenvalue weighted by molar-refractivity contribution is 0.587. The Kier molecular flexibility index (Phi) is 4.89. The molecule has 5 aromatic rings. The van der Waals surface area contributed by atoms with Crippen LogP contribution in [-0.2, 0) is 0 Å². The number of benzene rings is 2. The van der Waals surface area contributed by atoms with Gasteiger partial charge in [-0.05, 0) is 36.4 Å². The molecule has 0 aliphatic rings. The molecule has 0 bridgehead atoms. The van der Waals surface area contributed by atoms with Gasteiger partial charge < -0.3 is 10.6 Å². The first-order valence-corrected chi connectivity index (χ1v) is 9.67. The quantitative estimate of drug-likeness (QED) is 0.319. The topological polar surface area (TPSA) is 91.4 Å². The Labute approximate surface area is 181 Å². The Hall–Kier alpha value is -4.04. The fraction of sp³-hybridized carbons (Fsp3) is 0. The highest BCUT2D eigenvalue weighted by molar-refractivity contribution is 6.32. The molecule has 7 nitrogen and oxygen atoms in total. The molecule has 151 valence electrons. The molecule has 0 atom stereocenters. The minimum atomic E-state index is -0.580. The first-order chi connectivity index (χ1) is 15.2. The van der Waals surface area contributed by atoms with Crippen molar-refractivity contribution in [2.45, 2.75) is 0 Å². The molecule has 0 aliphatic carbocycles. The average molecular weight is 431 g/mol. The van der Waals surface area contributed by atoms with E-state index in [0.29, 0.717) is 33.7 Å². The summed E-state index contributed by atoms with van der Waals surface area (Å²) in [6.45, 7) is 0. The number of rotatable bonds is 5. The minimum Gasteiger partial charge on any atom is -0.338 e. The van der Waals surface area contributed by atoms with Crippen molar-refractivity contribution in [2.24, 2.45) is 0 Å². The number of halogens is 2. The predicted octanol–water partition coefficient (Wildman–Crippen LogP) is 5.49. The Morgan fingerprint density at radius 2 is 1.97 bits per heavy atom. The second-order valence-electron chi connectivity index (χ2n) is 6.59. The number of nitrogens with zero attached hydrogens (tertiary/aromatic N) is 4. The monoisotopic (exact) mass is 430 g/mol. The summed E-state index contributed by atoms with van der Waals surface area (Å²) in [5, 5.41) is 14.6. The number of aromatic nitrogens is 5. The summed E-state index contributed by atoms with van der Waals surface area (Å²) in [6.07, 6.45) is 2.91. The highest BCUT2D eigenvalue weighted by Gasteiger charge is 2.14. The smallest absolute Gasteiger partial charge is 0.229 e. The third-order valence-corrected chi connectivity index (χ3v) is 4.82. The Morgan fingerprint density at radius 3 is 2.81 bits per heavy atom. The van der Waals surface area contributed by atoms with Crippen molar-refractivity contribution in [1.29, 1.82) is 0 Å². The number of H-pyrrole nitrogens is 1. The van der Waals surface area contributed by atoms with Crippen LogP contribution >= 0.6 is 11.6 Å². The molecule has 1 radical (unpaired) electrons. The summed E-state index contributed by atoms with van der Waals surface area (Å²) in [7, 11) is 0. The summed E-state index contributed by atoms with van der Waals surface area (Å²) in [4.78, 5) is 12.4. The van der Waals surface area contributed by atoms with Gasteiger partial charge in [0, 0.05) is 29.0 Å².